The normalized spacial score (nSPS) is 11.9. The molecule has 1 heterocycles. The van der Waals surface area contributed by atoms with Gasteiger partial charge in [0.25, 0.3) is 0 Å². The summed E-state index contributed by atoms with van der Waals surface area (Å²) < 4.78 is 4.49. The van der Waals surface area contributed by atoms with Gasteiger partial charge in [-0.2, -0.15) is 0 Å². The first-order valence-electron chi connectivity index (χ1n) is 4.41. The van der Waals surface area contributed by atoms with Gasteiger partial charge >= 0.3 is 5.97 Å². The number of esters is 1. The van der Waals surface area contributed by atoms with Crippen LogP contribution < -0.4 is 5.73 Å². The highest BCUT2D eigenvalue weighted by molar-refractivity contribution is 5.75. The highest BCUT2D eigenvalue weighted by atomic mass is 16.5. The standard InChI is InChI=1S/C10H12N2O3/c1-15-10(14)9(11)4-7-2-3-8(6-13)12-5-7/h2-3,5-6,9H,4,11H2,1H3/t9-/m1/s1. The van der Waals surface area contributed by atoms with E-state index in [4.69, 9.17) is 5.73 Å². The van der Waals surface area contributed by atoms with Crippen molar-refractivity contribution in [2.75, 3.05) is 7.11 Å². The highest BCUT2D eigenvalue weighted by Gasteiger charge is 2.14. The zero-order chi connectivity index (χ0) is 11.3. The third-order valence-corrected chi connectivity index (χ3v) is 1.93. The summed E-state index contributed by atoms with van der Waals surface area (Å²) in [7, 11) is 1.29. The van der Waals surface area contributed by atoms with E-state index in [2.05, 4.69) is 9.72 Å². The fourth-order valence-electron chi connectivity index (χ4n) is 1.12. The van der Waals surface area contributed by atoms with Crippen LogP contribution in [0, 0.1) is 0 Å². The van der Waals surface area contributed by atoms with E-state index in [1.165, 1.54) is 13.3 Å². The first-order chi connectivity index (χ1) is 7.17. The molecule has 0 aliphatic rings. The van der Waals surface area contributed by atoms with Crippen molar-refractivity contribution < 1.29 is 14.3 Å². The molecule has 1 aromatic heterocycles. The highest BCUT2D eigenvalue weighted by Crippen LogP contribution is 2.02. The van der Waals surface area contributed by atoms with Gasteiger partial charge in [-0.3, -0.25) is 14.6 Å². The number of hydrogen-bond acceptors (Lipinski definition) is 5. The molecule has 0 spiro atoms. The number of aromatic nitrogens is 1. The van der Waals surface area contributed by atoms with Gasteiger partial charge in [-0.25, -0.2) is 0 Å². The lowest BCUT2D eigenvalue weighted by Gasteiger charge is -2.08. The molecule has 0 radical (unpaired) electrons. The molecule has 1 rings (SSSR count). The molecule has 0 bridgehead atoms. The Morgan fingerprint density at radius 3 is 2.87 bits per heavy atom. The molecule has 1 atom stereocenters. The number of hydrogen-bond donors (Lipinski definition) is 1. The average molecular weight is 208 g/mol. The molecule has 0 aliphatic carbocycles. The number of ether oxygens (including phenoxy) is 1. The minimum absolute atomic E-state index is 0.346. The van der Waals surface area contributed by atoms with Crippen LogP contribution in [0.15, 0.2) is 18.3 Å². The van der Waals surface area contributed by atoms with E-state index in [-0.39, 0.29) is 0 Å². The van der Waals surface area contributed by atoms with Crippen molar-refractivity contribution in [3.63, 3.8) is 0 Å². The molecular weight excluding hydrogens is 196 g/mol. The Bertz CT molecular complexity index is 348. The Hall–Kier alpha value is -1.75. The van der Waals surface area contributed by atoms with Gasteiger partial charge in [-0.1, -0.05) is 6.07 Å². The molecule has 5 heteroatoms. The Morgan fingerprint density at radius 2 is 2.40 bits per heavy atom. The van der Waals surface area contributed by atoms with Crippen LogP contribution in [0.4, 0.5) is 0 Å². The number of aldehydes is 1. The number of rotatable bonds is 4. The van der Waals surface area contributed by atoms with Gasteiger partial charge in [0, 0.05) is 6.20 Å². The lowest BCUT2D eigenvalue weighted by molar-refractivity contribution is -0.142. The summed E-state index contributed by atoms with van der Waals surface area (Å²) in [6.45, 7) is 0. The number of methoxy groups -OCH3 is 1. The number of carbonyl (C=O) groups excluding carboxylic acids is 2. The van der Waals surface area contributed by atoms with Crippen molar-refractivity contribution in [1.82, 2.24) is 4.98 Å². The third kappa shape index (κ3) is 3.14. The summed E-state index contributed by atoms with van der Waals surface area (Å²) in [4.78, 5) is 25.2. The third-order valence-electron chi connectivity index (χ3n) is 1.93. The molecule has 80 valence electrons. The maximum Gasteiger partial charge on any atom is 0.322 e. The largest absolute Gasteiger partial charge is 0.468 e. The summed E-state index contributed by atoms with van der Waals surface area (Å²) in [6.07, 6.45) is 2.52. The Labute approximate surface area is 87.3 Å². The lowest BCUT2D eigenvalue weighted by Crippen LogP contribution is -2.33. The van der Waals surface area contributed by atoms with Gasteiger partial charge in [-0.05, 0) is 18.1 Å². The minimum Gasteiger partial charge on any atom is -0.468 e. The van der Waals surface area contributed by atoms with Crippen LogP contribution in [0.5, 0.6) is 0 Å². The second-order valence-electron chi connectivity index (χ2n) is 3.04. The van der Waals surface area contributed by atoms with Crippen LogP contribution in [0.1, 0.15) is 16.1 Å². The molecular formula is C10H12N2O3. The van der Waals surface area contributed by atoms with Crippen LogP contribution in [0.2, 0.25) is 0 Å². The van der Waals surface area contributed by atoms with Crippen LogP contribution >= 0.6 is 0 Å². The van der Waals surface area contributed by atoms with Gasteiger partial charge in [0.15, 0.2) is 6.29 Å². The van der Waals surface area contributed by atoms with E-state index in [0.29, 0.717) is 18.4 Å². The summed E-state index contributed by atoms with van der Waals surface area (Å²) in [6, 6.07) is 2.59. The molecule has 0 fully saturated rings. The summed E-state index contributed by atoms with van der Waals surface area (Å²) in [5.41, 5.74) is 6.70. The average Bonchev–Trinajstić information content (AvgIpc) is 2.29. The number of nitrogens with zero attached hydrogens (tertiary/aromatic N) is 1. The second-order valence-corrected chi connectivity index (χ2v) is 3.04. The number of carbonyl (C=O) groups is 2. The van der Waals surface area contributed by atoms with Gasteiger partial charge in [0.1, 0.15) is 11.7 Å². The number of pyridine rings is 1. The van der Waals surface area contributed by atoms with E-state index in [1.54, 1.807) is 12.1 Å². The predicted octanol–water partition coefficient (Wildman–Crippen LogP) is -0.0631. The molecule has 2 N–H and O–H groups in total. The Kier molecular flexibility index (Phi) is 3.93. The molecule has 15 heavy (non-hydrogen) atoms. The molecule has 0 unspecified atom stereocenters. The van der Waals surface area contributed by atoms with E-state index in [1.807, 2.05) is 0 Å². The Morgan fingerprint density at radius 1 is 1.67 bits per heavy atom. The molecule has 0 amide bonds. The lowest BCUT2D eigenvalue weighted by atomic mass is 10.1. The van der Waals surface area contributed by atoms with Crippen molar-refractivity contribution in [3.05, 3.63) is 29.6 Å². The smallest absolute Gasteiger partial charge is 0.322 e. The minimum atomic E-state index is -0.695. The van der Waals surface area contributed by atoms with E-state index >= 15 is 0 Å². The molecule has 0 saturated heterocycles. The second kappa shape index (κ2) is 5.21. The van der Waals surface area contributed by atoms with Gasteiger partial charge in [-0.15, -0.1) is 0 Å². The summed E-state index contributed by atoms with van der Waals surface area (Å²) >= 11 is 0. The fourth-order valence-corrected chi connectivity index (χ4v) is 1.12. The first kappa shape index (κ1) is 11.3. The van der Waals surface area contributed by atoms with Gasteiger partial charge < -0.3 is 10.5 Å². The molecule has 0 saturated carbocycles. The van der Waals surface area contributed by atoms with Crippen LogP contribution in [-0.4, -0.2) is 30.4 Å². The maximum atomic E-state index is 11.0. The number of nitrogens with two attached hydrogens (primary N) is 1. The predicted molar refractivity (Wildman–Crippen MR) is 53.3 cm³/mol. The van der Waals surface area contributed by atoms with Gasteiger partial charge in [0.2, 0.25) is 0 Å². The van der Waals surface area contributed by atoms with E-state index in [9.17, 15) is 9.59 Å². The van der Waals surface area contributed by atoms with E-state index in [0.717, 1.165) is 5.56 Å². The van der Waals surface area contributed by atoms with Gasteiger partial charge in [0.05, 0.1) is 7.11 Å². The molecule has 0 aromatic carbocycles. The topological polar surface area (TPSA) is 82.3 Å². The quantitative estimate of drug-likeness (QED) is 0.553. The molecule has 1 aromatic rings. The maximum absolute atomic E-state index is 11.0. The van der Waals surface area contributed by atoms with Crippen LogP contribution in [0.3, 0.4) is 0 Å². The zero-order valence-electron chi connectivity index (χ0n) is 8.34. The van der Waals surface area contributed by atoms with Crippen molar-refractivity contribution in [2.24, 2.45) is 5.73 Å². The Balaban J connectivity index is 2.64. The van der Waals surface area contributed by atoms with Crippen molar-refractivity contribution in [1.29, 1.82) is 0 Å². The van der Waals surface area contributed by atoms with Crippen LogP contribution in [-0.2, 0) is 16.0 Å². The van der Waals surface area contributed by atoms with Crippen molar-refractivity contribution in [3.8, 4) is 0 Å². The SMILES string of the molecule is COC(=O)[C@H](N)Cc1ccc(C=O)nc1. The molecule has 5 nitrogen and oxygen atoms in total. The van der Waals surface area contributed by atoms with Crippen LogP contribution in [0.25, 0.3) is 0 Å². The zero-order valence-corrected chi connectivity index (χ0v) is 8.34. The fraction of sp³-hybridized carbons (Fsp3) is 0.300. The van der Waals surface area contributed by atoms with Crippen molar-refractivity contribution >= 4 is 12.3 Å². The first-order valence-corrected chi connectivity index (χ1v) is 4.41. The van der Waals surface area contributed by atoms with E-state index < -0.39 is 12.0 Å². The summed E-state index contributed by atoms with van der Waals surface area (Å²) in [5, 5.41) is 0. The molecule has 0 aliphatic heterocycles. The van der Waals surface area contributed by atoms with Crippen molar-refractivity contribution in [2.45, 2.75) is 12.5 Å². The monoisotopic (exact) mass is 208 g/mol. The summed E-state index contributed by atoms with van der Waals surface area (Å²) in [5.74, 6) is -0.463.